The quantitative estimate of drug-likeness (QED) is 0.677. The lowest BCUT2D eigenvalue weighted by atomic mass is 9.84. The second kappa shape index (κ2) is 5.78. The fourth-order valence-corrected chi connectivity index (χ4v) is 1.93. The zero-order chi connectivity index (χ0) is 15.5. The standard InChI is InChI=1S/C15H16N2O4/c1-15(2,11-6-4-3-5-7-11)10-16-14(18)12-8-9-13(21-12)17(19)20/h3-9H,10H2,1-2H3,(H,16,18). The number of nitro groups is 1. The van der Waals surface area contributed by atoms with E-state index in [1.54, 1.807) is 0 Å². The molecule has 21 heavy (non-hydrogen) atoms. The molecule has 6 heteroatoms. The van der Waals surface area contributed by atoms with Crippen LogP contribution >= 0.6 is 0 Å². The summed E-state index contributed by atoms with van der Waals surface area (Å²) in [5.41, 5.74) is 0.839. The van der Waals surface area contributed by atoms with Crippen LogP contribution in [0, 0.1) is 10.1 Å². The Balaban J connectivity index is 2.01. The van der Waals surface area contributed by atoms with Crippen LogP contribution in [0.5, 0.6) is 0 Å². The van der Waals surface area contributed by atoms with E-state index in [1.807, 2.05) is 44.2 Å². The van der Waals surface area contributed by atoms with Crippen molar-refractivity contribution in [3.8, 4) is 0 Å². The van der Waals surface area contributed by atoms with Gasteiger partial charge in [0, 0.05) is 12.0 Å². The molecule has 1 amide bonds. The molecule has 110 valence electrons. The van der Waals surface area contributed by atoms with Gasteiger partial charge in [-0.05, 0) is 11.6 Å². The summed E-state index contributed by atoms with van der Waals surface area (Å²) in [5, 5.41) is 13.3. The Bertz CT molecular complexity index is 647. The van der Waals surface area contributed by atoms with E-state index in [2.05, 4.69) is 5.32 Å². The first-order chi connectivity index (χ1) is 9.90. The lowest BCUT2D eigenvalue weighted by molar-refractivity contribution is -0.402. The van der Waals surface area contributed by atoms with Crippen LogP contribution < -0.4 is 5.32 Å². The lowest BCUT2D eigenvalue weighted by Crippen LogP contribution is -2.36. The number of benzene rings is 1. The third-order valence-electron chi connectivity index (χ3n) is 3.24. The number of carbonyl (C=O) groups is 1. The third kappa shape index (κ3) is 3.47. The maximum Gasteiger partial charge on any atom is 0.433 e. The fraction of sp³-hybridized carbons (Fsp3) is 0.267. The van der Waals surface area contributed by atoms with Gasteiger partial charge in [0.05, 0.1) is 6.07 Å². The predicted octanol–water partition coefficient (Wildman–Crippen LogP) is 2.90. The number of rotatable bonds is 5. The molecular formula is C15H16N2O4. The van der Waals surface area contributed by atoms with E-state index in [0.717, 1.165) is 11.6 Å². The Hall–Kier alpha value is -2.63. The molecule has 0 radical (unpaired) electrons. The van der Waals surface area contributed by atoms with E-state index >= 15 is 0 Å². The number of nitrogens with one attached hydrogen (secondary N) is 1. The molecule has 1 N–H and O–H groups in total. The normalized spacial score (nSPS) is 11.1. The van der Waals surface area contributed by atoms with Crippen LogP contribution in [0.2, 0.25) is 0 Å². The van der Waals surface area contributed by atoms with Gasteiger partial charge in [-0.2, -0.15) is 0 Å². The van der Waals surface area contributed by atoms with Crippen molar-refractivity contribution < 1.29 is 14.1 Å². The van der Waals surface area contributed by atoms with Crippen molar-refractivity contribution in [2.24, 2.45) is 0 Å². The Morgan fingerprint density at radius 1 is 1.24 bits per heavy atom. The number of hydrogen-bond acceptors (Lipinski definition) is 4. The molecule has 1 aromatic heterocycles. The molecule has 0 bridgehead atoms. The summed E-state index contributed by atoms with van der Waals surface area (Å²) in [5.74, 6) is -0.972. The molecule has 0 aliphatic rings. The molecule has 1 aromatic carbocycles. The molecular weight excluding hydrogens is 272 g/mol. The second-order valence-corrected chi connectivity index (χ2v) is 5.33. The van der Waals surface area contributed by atoms with Crippen LogP contribution in [0.1, 0.15) is 30.0 Å². The van der Waals surface area contributed by atoms with Crippen molar-refractivity contribution in [3.63, 3.8) is 0 Å². The first-order valence-electron chi connectivity index (χ1n) is 6.48. The average Bonchev–Trinajstić information content (AvgIpc) is 2.96. The molecule has 6 nitrogen and oxygen atoms in total. The van der Waals surface area contributed by atoms with Crippen molar-refractivity contribution >= 4 is 11.8 Å². The first-order valence-corrected chi connectivity index (χ1v) is 6.48. The molecule has 2 rings (SSSR count). The summed E-state index contributed by atoms with van der Waals surface area (Å²) >= 11 is 0. The number of carbonyl (C=O) groups excluding carboxylic acids is 1. The highest BCUT2D eigenvalue weighted by Crippen LogP contribution is 2.22. The summed E-state index contributed by atoms with van der Waals surface area (Å²) in [6.07, 6.45) is 0. The SMILES string of the molecule is CC(C)(CNC(=O)c1ccc([N+](=O)[O-])o1)c1ccccc1. The summed E-state index contributed by atoms with van der Waals surface area (Å²) in [6, 6.07) is 12.2. The molecule has 0 unspecified atom stereocenters. The van der Waals surface area contributed by atoms with Gasteiger partial charge in [0.1, 0.15) is 4.92 Å². The van der Waals surface area contributed by atoms with Gasteiger partial charge >= 0.3 is 5.88 Å². The van der Waals surface area contributed by atoms with E-state index in [4.69, 9.17) is 4.42 Å². The first kappa shape index (κ1) is 14.8. The zero-order valence-electron chi connectivity index (χ0n) is 11.8. The van der Waals surface area contributed by atoms with Gasteiger partial charge < -0.3 is 9.73 Å². The van der Waals surface area contributed by atoms with Gasteiger partial charge in [-0.15, -0.1) is 0 Å². The van der Waals surface area contributed by atoms with Crippen LogP contribution in [0.4, 0.5) is 5.88 Å². The van der Waals surface area contributed by atoms with Crippen LogP contribution in [-0.2, 0) is 5.41 Å². The number of furan rings is 1. The minimum absolute atomic E-state index is 0.0643. The minimum atomic E-state index is -0.676. The monoisotopic (exact) mass is 288 g/mol. The summed E-state index contributed by atoms with van der Waals surface area (Å²) in [4.78, 5) is 21.8. The van der Waals surface area contributed by atoms with E-state index in [0.29, 0.717) is 6.54 Å². The van der Waals surface area contributed by atoms with Gasteiger partial charge in [0.25, 0.3) is 5.91 Å². The topological polar surface area (TPSA) is 85.4 Å². The van der Waals surface area contributed by atoms with Gasteiger partial charge in [0.15, 0.2) is 5.76 Å². The van der Waals surface area contributed by atoms with E-state index in [1.165, 1.54) is 6.07 Å². The molecule has 0 atom stereocenters. The van der Waals surface area contributed by atoms with Crippen LogP contribution in [0.25, 0.3) is 0 Å². The van der Waals surface area contributed by atoms with Crippen LogP contribution in [0.15, 0.2) is 46.9 Å². The zero-order valence-corrected chi connectivity index (χ0v) is 11.8. The summed E-state index contributed by atoms with van der Waals surface area (Å²) in [7, 11) is 0. The number of hydrogen-bond donors (Lipinski definition) is 1. The molecule has 2 aromatic rings. The smallest absolute Gasteiger partial charge is 0.395 e. The molecule has 0 aliphatic heterocycles. The van der Waals surface area contributed by atoms with Crippen molar-refractivity contribution in [3.05, 3.63) is 63.9 Å². The molecule has 0 spiro atoms. The third-order valence-corrected chi connectivity index (χ3v) is 3.24. The van der Waals surface area contributed by atoms with Crippen LogP contribution in [0.3, 0.4) is 0 Å². The van der Waals surface area contributed by atoms with Crippen LogP contribution in [-0.4, -0.2) is 17.4 Å². The molecule has 0 aliphatic carbocycles. The maximum atomic E-state index is 11.9. The van der Waals surface area contributed by atoms with Gasteiger partial charge in [-0.3, -0.25) is 14.9 Å². The lowest BCUT2D eigenvalue weighted by Gasteiger charge is -2.25. The Morgan fingerprint density at radius 2 is 1.90 bits per heavy atom. The minimum Gasteiger partial charge on any atom is -0.395 e. The Kier molecular flexibility index (Phi) is 4.07. The number of nitrogens with zero attached hydrogens (tertiary/aromatic N) is 1. The van der Waals surface area contributed by atoms with Crippen molar-refractivity contribution in [1.82, 2.24) is 5.32 Å². The fourth-order valence-electron chi connectivity index (χ4n) is 1.93. The second-order valence-electron chi connectivity index (χ2n) is 5.33. The maximum absolute atomic E-state index is 11.9. The number of amides is 1. The van der Waals surface area contributed by atoms with Crippen molar-refractivity contribution in [1.29, 1.82) is 0 Å². The van der Waals surface area contributed by atoms with E-state index in [9.17, 15) is 14.9 Å². The highest BCUT2D eigenvalue weighted by Gasteiger charge is 2.23. The van der Waals surface area contributed by atoms with E-state index < -0.39 is 16.7 Å². The molecule has 0 saturated carbocycles. The van der Waals surface area contributed by atoms with Gasteiger partial charge in [0.2, 0.25) is 0 Å². The summed E-state index contributed by atoms with van der Waals surface area (Å²) in [6.45, 7) is 4.41. The molecule has 0 fully saturated rings. The highest BCUT2D eigenvalue weighted by atomic mass is 16.6. The Morgan fingerprint density at radius 3 is 2.48 bits per heavy atom. The van der Waals surface area contributed by atoms with E-state index in [-0.39, 0.29) is 11.2 Å². The average molecular weight is 288 g/mol. The predicted molar refractivity (Wildman–Crippen MR) is 77.2 cm³/mol. The molecule has 1 heterocycles. The van der Waals surface area contributed by atoms with Gasteiger partial charge in [-0.25, -0.2) is 0 Å². The summed E-state index contributed by atoms with van der Waals surface area (Å²) < 4.78 is 4.87. The van der Waals surface area contributed by atoms with Crippen molar-refractivity contribution in [2.45, 2.75) is 19.3 Å². The molecule has 0 saturated heterocycles. The van der Waals surface area contributed by atoms with Crippen molar-refractivity contribution in [2.75, 3.05) is 6.54 Å². The Labute approximate surface area is 121 Å². The largest absolute Gasteiger partial charge is 0.433 e. The highest BCUT2D eigenvalue weighted by molar-refractivity contribution is 5.91. The van der Waals surface area contributed by atoms with Gasteiger partial charge in [-0.1, -0.05) is 44.2 Å².